The topological polar surface area (TPSA) is 80.3 Å². The molecule has 0 aliphatic heterocycles. The molecule has 6 heteroatoms. The molecule has 2 atom stereocenters. The second-order valence-electron chi connectivity index (χ2n) is 6.15. The number of carbonyl (C=O) groups excluding carboxylic acids is 1. The van der Waals surface area contributed by atoms with Gasteiger partial charge < -0.3 is 14.8 Å². The molecule has 25 heavy (non-hydrogen) atoms. The first-order chi connectivity index (χ1) is 12.0. The van der Waals surface area contributed by atoms with Crippen molar-refractivity contribution in [2.75, 3.05) is 0 Å². The number of aliphatic hydroxyl groups is 1. The SMILES string of the molecule is Cc1cnn(-c2ccc(C(=O)NC(C)CC(O)c3ccco3)cc2)c1. The predicted octanol–water partition coefficient (Wildman–Crippen LogP) is 3.02. The van der Waals surface area contributed by atoms with E-state index in [0.29, 0.717) is 17.7 Å². The Morgan fingerprint density at radius 2 is 2.08 bits per heavy atom. The Morgan fingerprint density at radius 1 is 1.32 bits per heavy atom. The number of hydrogen-bond donors (Lipinski definition) is 2. The molecule has 0 spiro atoms. The first kappa shape index (κ1) is 17.0. The van der Waals surface area contributed by atoms with Crippen molar-refractivity contribution in [3.05, 3.63) is 71.9 Å². The molecule has 3 aromatic rings. The Labute approximate surface area is 146 Å². The van der Waals surface area contributed by atoms with Crippen LogP contribution < -0.4 is 5.32 Å². The number of hydrogen-bond acceptors (Lipinski definition) is 4. The molecule has 0 fully saturated rings. The van der Waals surface area contributed by atoms with Crippen LogP contribution in [0.15, 0.2) is 59.5 Å². The summed E-state index contributed by atoms with van der Waals surface area (Å²) in [5.41, 5.74) is 2.53. The van der Waals surface area contributed by atoms with E-state index >= 15 is 0 Å². The van der Waals surface area contributed by atoms with Crippen molar-refractivity contribution < 1.29 is 14.3 Å². The van der Waals surface area contributed by atoms with Crippen LogP contribution in [-0.2, 0) is 0 Å². The molecule has 0 saturated heterocycles. The van der Waals surface area contributed by atoms with Gasteiger partial charge in [-0.1, -0.05) is 0 Å². The Hall–Kier alpha value is -2.86. The Bertz CT molecular complexity index is 822. The van der Waals surface area contributed by atoms with Crippen LogP contribution in [0.1, 0.15) is 41.1 Å². The lowest BCUT2D eigenvalue weighted by Gasteiger charge is -2.17. The molecule has 0 aliphatic carbocycles. The van der Waals surface area contributed by atoms with Crippen molar-refractivity contribution in [1.82, 2.24) is 15.1 Å². The lowest BCUT2D eigenvalue weighted by atomic mass is 10.1. The maximum Gasteiger partial charge on any atom is 0.251 e. The molecule has 1 amide bonds. The molecule has 3 rings (SSSR count). The highest BCUT2D eigenvalue weighted by Gasteiger charge is 2.17. The summed E-state index contributed by atoms with van der Waals surface area (Å²) in [6, 6.07) is 10.5. The Morgan fingerprint density at radius 3 is 2.68 bits per heavy atom. The minimum Gasteiger partial charge on any atom is -0.467 e. The van der Waals surface area contributed by atoms with Crippen LogP contribution in [0.4, 0.5) is 0 Å². The van der Waals surface area contributed by atoms with E-state index in [2.05, 4.69) is 10.4 Å². The lowest BCUT2D eigenvalue weighted by molar-refractivity contribution is 0.0903. The van der Waals surface area contributed by atoms with Gasteiger partial charge in [0.15, 0.2) is 0 Å². The van der Waals surface area contributed by atoms with Gasteiger partial charge in [0, 0.05) is 24.2 Å². The van der Waals surface area contributed by atoms with Gasteiger partial charge in [-0.15, -0.1) is 0 Å². The second-order valence-corrected chi connectivity index (χ2v) is 6.15. The number of furan rings is 1. The monoisotopic (exact) mass is 339 g/mol. The fraction of sp³-hybridized carbons (Fsp3) is 0.263. The highest BCUT2D eigenvalue weighted by molar-refractivity contribution is 5.94. The first-order valence-corrected chi connectivity index (χ1v) is 8.17. The summed E-state index contributed by atoms with van der Waals surface area (Å²) in [6.07, 6.45) is 4.87. The minimum atomic E-state index is -0.740. The Kier molecular flexibility index (Phi) is 5.00. The maximum absolute atomic E-state index is 12.3. The fourth-order valence-corrected chi connectivity index (χ4v) is 2.62. The molecular formula is C19H21N3O3. The summed E-state index contributed by atoms with van der Waals surface area (Å²) in [5.74, 6) is 0.322. The van der Waals surface area contributed by atoms with Gasteiger partial charge in [-0.2, -0.15) is 5.10 Å². The molecule has 2 N–H and O–H groups in total. The van der Waals surface area contributed by atoms with Crippen molar-refractivity contribution >= 4 is 5.91 Å². The lowest BCUT2D eigenvalue weighted by Crippen LogP contribution is -2.33. The highest BCUT2D eigenvalue weighted by Crippen LogP contribution is 2.18. The van der Waals surface area contributed by atoms with Crippen molar-refractivity contribution in [2.24, 2.45) is 0 Å². The molecular weight excluding hydrogens is 318 g/mol. The molecule has 6 nitrogen and oxygen atoms in total. The van der Waals surface area contributed by atoms with Crippen LogP contribution in [0.5, 0.6) is 0 Å². The minimum absolute atomic E-state index is 0.178. The van der Waals surface area contributed by atoms with Crippen LogP contribution in [0.3, 0.4) is 0 Å². The quantitative estimate of drug-likeness (QED) is 0.723. The largest absolute Gasteiger partial charge is 0.467 e. The summed E-state index contributed by atoms with van der Waals surface area (Å²) in [6.45, 7) is 3.83. The van der Waals surface area contributed by atoms with Gasteiger partial charge in [-0.25, -0.2) is 4.68 Å². The smallest absolute Gasteiger partial charge is 0.251 e. The second kappa shape index (κ2) is 7.36. The number of nitrogens with zero attached hydrogens (tertiary/aromatic N) is 2. The number of aromatic nitrogens is 2. The number of benzene rings is 1. The summed E-state index contributed by atoms with van der Waals surface area (Å²) in [7, 11) is 0. The van der Waals surface area contributed by atoms with Gasteiger partial charge in [0.2, 0.25) is 0 Å². The molecule has 2 aromatic heterocycles. The van der Waals surface area contributed by atoms with E-state index in [1.807, 2.05) is 32.2 Å². The molecule has 0 bridgehead atoms. The van der Waals surface area contributed by atoms with E-state index in [1.54, 1.807) is 35.1 Å². The van der Waals surface area contributed by atoms with E-state index in [9.17, 15) is 9.90 Å². The zero-order valence-corrected chi connectivity index (χ0v) is 14.2. The summed E-state index contributed by atoms with van der Waals surface area (Å²) < 4.78 is 6.94. The average molecular weight is 339 g/mol. The number of amides is 1. The third-order valence-corrected chi connectivity index (χ3v) is 3.93. The third-order valence-electron chi connectivity index (χ3n) is 3.93. The van der Waals surface area contributed by atoms with Crippen molar-refractivity contribution in [2.45, 2.75) is 32.4 Å². The standard InChI is InChI=1S/C19H21N3O3/c1-13-11-20-22(12-13)16-7-5-15(6-8-16)19(24)21-14(2)10-17(23)18-4-3-9-25-18/h3-9,11-12,14,17,23H,10H2,1-2H3,(H,21,24). The zero-order chi connectivity index (χ0) is 17.8. The van der Waals surface area contributed by atoms with Crippen LogP contribution in [0, 0.1) is 6.92 Å². The van der Waals surface area contributed by atoms with Crippen molar-refractivity contribution in [3.63, 3.8) is 0 Å². The molecule has 130 valence electrons. The number of rotatable bonds is 6. The molecule has 0 radical (unpaired) electrons. The first-order valence-electron chi connectivity index (χ1n) is 8.17. The van der Waals surface area contributed by atoms with Crippen LogP contribution in [0.2, 0.25) is 0 Å². The Balaban J connectivity index is 1.59. The number of aliphatic hydroxyl groups excluding tert-OH is 1. The molecule has 1 aromatic carbocycles. The molecule has 2 unspecified atom stereocenters. The molecule has 2 heterocycles. The molecule has 0 saturated carbocycles. The third kappa shape index (κ3) is 4.16. The normalized spacial score (nSPS) is 13.4. The van der Waals surface area contributed by atoms with E-state index in [1.165, 1.54) is 6.26 Å². The maximum atomic E-state index is 12.3. The van der Waals surface area contributed by atoms with E-state index < -0.39 is 6.10 Å². The zero-order valence-electron chi connectivity index (χ0n) is 14.2. The highest BCUT2D eigenvalue weighted by atomic mass is 16.4. The number of carbonyl (C=O) groups is 1. The summed E-state index contributed by atoms with van der Waals surface area (Å²) in [4.78, 5) is 12.3. The van der Waals surface area contributed by atoms with Crippen molar-refractivity contribution in [1.29, 1.82) is 0 Å². The summed E-state index contributed by atoms with van der Waals surface area (Å²) >= 11 is 0. The van der Waals surface area contributed by atoms with Gasteiger partial charge in [-0.3, -0.25) is 4.79 Å². The average Bonchev–Trinajstić information content (AvgIpc) is 3.26. The van der Waals surface area contributed by atoms with E-state index in [0.717, 1.165) is 11.3 Å². The van der Waals surface area contributed by atoms with E-state index in [-0.39, 0.29) is 11.9 Å². The number of aryl methyl sites for hydroxylation is 1. The fourth-order valence-electron chi connectivity index (χ4n) is 2.62. The van der Waals surface area contributed by atoms with Gasteiger partial charge >= 0.3 is 0 Å². The predicted molar refractivity (Wildman–Crippen MR) is 93.5 cm³/mol. The van der Waals surface area contributed by atoms with Crippen molar-refractivity contribution in [3.8, 4) is 5.69 Å². The van der Waals surface area contributed by atoms with Crippen LogP contribution >= 0.6 is 0 Å². The summed E-state index contributed by atoms with van der Waals surface area (Å²) in [5, 5.41) is 17.2. The van der Waals surface area contributed by atoms with Gasteiger partial charge in [0.25, 0.3) is 5.91 Å². The van der Waals surface area contributed by atoms with Gasteiger partial charge in [-0.05, 0) is 55.8 Å². The number of nitrogens with one attached hydrogen (secondary N) is 1. The molecule has 0 aliphatic rings. The van der Waals surface area contributed by atoms with Crippen LogP contribution in [0.25, 0.3) is 5.69 Å². The van der Waals surface area contributed by atoms with Gasteiger partial charge in [0.05, 0.1) is 18.1 Å². The van der Waals surface area contributed by atoms with Crippen LogP contribution in [-0.4, -0.2) is 26.8 Å². The van der Waals surface area contributed by atoms with Gasteiger partial charge in [0.1, 0.15) is 11.9 Å². The van der Waals surface area contributed by atoms with E-state index in [4.69, 9.17) is 4.42 Å².